The van der Waals surface area contributed by atoms with Crippen LogP contribution < -0.4 is 21.9 Å². The van der Waals surface area contributed by atoms with Crippen molar-refractivity contribution in [2.24, 2.45) is 0 Å². The molecular formula is C40H19BF20I-. The third kappa shape index (κ3) is 8.32. The van der Waals surface area contributed by atoms with Gasteiger partial charge in [-0.3, -0.25) is 0 Å². The Kier molecular flexibility index (Phi) is 15.1. The molecule has 0 aliphatic rings. The molecular weight excluding hydrogens is 998 g/mol. The molecule has 0 heterocycles. The second-order valence-electron chi connectivity index (χ2n) is 13.1. The molecule has 6 aromatic rings. The van der Waals surface area contributed by atoms with Gasteiger partial charge >= 0.3 is 0 Å². The molecule has 0 saturated heterocycles. The standard InChI is InChI=1S/C24BF20.C9H11I.C7H8/c26-5-1(6(27)14(35)21(42)13(5)34)25(2-7(28)15(36)22(43)16(37)8(2)29,3-9(30)17(38)23(44)18(39)10(3)31)4-11(32)19(40)24(45)20(41)12(4)33;1-7(2)8-5-3-4-6-9(8)10;1-7-5-3-2-4-6-7/h;3-7H,1-2H3;2-6H,1H3/q-1;;. The lowest BCUT2D eigenvalue weighted by atomic mass is 9.12. The minimum Gasteiger partial charge on any atom is -0.207 e. The van der Waals surface area contributed by atoms with Gasteiger partial charge in [-0.1, -0.05) is 67.9 Å². The van der Waals surface area contributed by atoms with E-state index in [9.17, 15) is 52.7 Å². The molecule has 0 fully saturated rings. The van der Waals surface area contributed by atoms with E-state index < -0.39 is 144 Å². The van der Waals surface area contributed by atoms with Crippen molar-refractivity contribution in [2.45, 2.75) is 26.7 Å². The fourth-order valence-electron chi connectivity index (χ4n) is 6.35. The van der Waals surface area contributed by atoms with Crippen molar-refractivity contribution >= 4 is 50.6 Å². The van der Waals surface area contributed by atoms with E-state index in [1.807, 2.05) is 18.2 Å². The molecule has 0 bridgehead atoms. The van der Waals surface area contributed by atoms with Gasteiger partial charge in [0.2, 0.25) is 0 Å². The van der Waals surface area contributed by atoms with Gasteiger partial charge < -0.3 is 0 Å². The van der Waals surface area contributed by atoms with Crippen LogP contribution in [0.3, 0.4) is 0 Å². The zero-order valence-corrected chi connectivity index (χ0v) is 32.9. The summed E-state index contributed by atoms with van der Waals surface area (Å²) >= 11 is 2.38. The largest absolute Gasteiger partial charge is 0.207 e. The van der Waals surface area contributed by atoms with Crippen molar-refractivity contribution in [2.75, 3.05) is 0 Å². The van der Waals surface area contributed by atoms with Crippen LogP contribution in [0, 0.1) is 127 Å². The van der Waals surface area contributed by atoms with E-state index in [4.69, 9.17) is 0 Å². The van der Waals surface area contributed by atoms with E-state index >= 15 is 35.1 Å². The predicted octanol–water partition coefficient (Wildman–Crippen LogP) is 11.3. The van der Waals surface area contributed by atoms with E-state index in [-0.39, 0.29) is 0 Å². The second kappa shape index (κ2) is 19.0. The zero-order valence-electron chi connectivity index (χ0n) is 30.8. The van der Waals surface area contributed by atoms with Gasteiger partial charge in [0.05, 0.1) is 0 Å². The van der Waals surface area contributed by atoms with Crippen molar-refractivity contribution in [3.8, 4) is 0 Å². The van der Waals surface area contributed by atoms with Gasteiger partial charge in [0, 0.05) is 3.57 Å². The smallest absolute Gasteiger partial charge is 0.200 e. The fourth-order valence-corrected chi connectivity index (χ4v) is 7.36. The molecule has 0 radical (unpaired) electrons. The molecule has 0 aliphatic heterocycles. The third-order valence-corrected chi connectivity index (χ3v) is 10.2. The molecule has 0 spiro atoms. The van der Waals surface area contributed by atoms with Crippen LogP contribution in [0.4, 0.5) is 87.8 Å². The molecule has 6 rings (SSSR count). The highest BCUT2D eigenvalue weighted by Crippen LogP contribution is 2.31. The molecule has 0 aromatic heterocycles. The van der Waals surface area contributed by atoms with Crippen molar-refractivity contribution in [1.29, 1.82) is 0 Å². The maximum absolute atomic E-state index is 15.4. The number of halogens is 21. The van der Waals surface area contributed by atoms with E-state index in [0.717, 1.165) is 0 Å². The number of hydrogen-bond donors (Lipinski definition) is 0. The summed E-state index contributed by atoms with van der Waals surface area (Å²) in [5.41, 5.74) is -11.6. The number of benzene rings is 6. The minimum atomic E-state index is -7.22. The Bertz CT molecular complexity index is 2310. The Balaban J connectivity index is 0.000000409. The quantitative estimate of drug-likeness (QED) is 0.0531. The highest BCUT2D eigenvalue weighted by Gasteiger charge is 2.52. The van der Waals surface area contributed by atoms with Crippen LogP contribution in [0.15, 0.2) is 54.6 Å². The number of hydrogen-bond acceptors (Lipinski definition) is 0. The van der Waals surface area contributed by atoms with Gasteiger partial charge in [-0.15, -0.1) is 21.9 Å². The van der Waals surface area contributed by atoms with Crippen LogP contribution in [0.2, 0.25) is 0 Å². The zero-order chi connectivity index (χ0) is 47.0. The van der Waals surface area contributed by atoms with Crippen LogP contribution in [0.5, 0.6) is 0 Å². The lowest BCUT2D eigenvalue weighted by Crippen LogP contribution is -2.81. The van der Waals surface area contributed by atoms with Gasteiger partial charge in [0.15, 0.2) is 69.8 Å². The molecule has 6 aromatic carbocycles. The Morgan fingerprint density at radius 3 is 0.710 bits per heavy atom. The maximum Gasteiger partial charge on any atom is 0.200 e. The van der Waals surface area contributed by atoms with Gasteiger partial charge in [-0.05, 0) is 47.1 Å². The van der Waals surface area contributed by atoms with Crippen LogP contribution in [0.25, 0.3) is 0 Å². The monoisotopic (exact) mass is 1020 g/mol. The highest BCUT2D eigenvalue weighted by molar-refractivity contribution is 14.1. The first-order valence-electron chi connectivity index (χ1n) is 16.8. The van der Waals surface area contributed by atoms with Crippen molar-refractivity contribution in [1.82, 2.24) is 0 Å². The summed E-state index contributed by atoms with van der Waals surface area (Å²) in [6.45, 7) is 6.52. The van der Waals surface area contributed by atoms with Gasteiger partial charge in [-0.25, -0.2) is 87.8 Å². The summed E-state index contributed by atoms with van der Waals surface area (Å²) in [6, 6.07) is 18.8. The summed E-state index contributed by atoms with van der Waals surface area (Å²) in [5, 5.41) is 0. The summed E-state index contributed by atoms with van der Waals surface area (Å²) < 4.78 is 295. The molecule has 0 nitrogen and oxygen atoms in total. The molecule has 22 heteroatoms. The van der Waals surface area contributed by atoms with E-state index in [0.29, 0.717) is 5.92 Å². The average molecular weight is 1020 g/mol. The Hall–Kier alpha value is -5.29. The minimum absolute atomic E-state index is 0.646. The van der Waals surface area contributed by atoms with Crippen LogP contribution >= 0.6 is 22.6 Å². The number of aryl methyl sites for hydroxylation is 1. The van der Waals surface area contributed by atoms with Crippen LogP contribution in [-0.4, -0.2) is 6.15 Å². The first-order chi connectivity index (χ1) is 28.8. The molecule has 0 atom stereocenters. The first kappa shape index (κ1) is 49.4. The summed E-state index contributed by atoms with van der Waals surface area (Å²) in [4.78, 5) is 0. The highest BCUT2D eigenvalue weighted by atomic mass is 127. The van der Waals surface area contributed by atoms with Crippen molar-refractivity contribution in [3.63, 3.8) is 0 Å². The maximum atomic E-state index is 15.4. The predicted molar refractivity (Wildman–Crippen MR) is 194 cm³/mol. The van der Waals surface area contributed by atoms with Crippen molar-refractivity contribution in [3.05, 3.63) is 186 Å². The normalized spacial score (nSPS) is 11.4. The van der Waals surface area contributed by atoms with Gasteiger partial charge in [0.1, 0.15) is 52.7 Å². The topological polar surface area (TPSA) is 0 Å². The summed E-state index contributed by atoms with van der Waals surface area (Å²) in [5.74, 6) is -70.8. The Morgan fingerprint density at radius 2 is 0.532 bits per heavy atom. The van der Waals surface area contributed by atoms with Crippen molar-refractivity contribution < 1.29 is 87.8 Å². The molecule has 62 heavy (non-hydrogen) atoms. The Morgan fingerprint density at radius 1 is 0.323 bits per heavy atom. The average Bonchev–Trinajstić information content (AvgIpc) is 3.24. The van der Waals surface area contributed by atoms with E-state index in [1.54, 1.807) is 0 Å². The van der Waals surface area contributed by atoms with Gasteiger partial charge in [0.25, 0.3) is 0 Å². The molecule has 0 unspecified atom stereocenters. The molecule has 330 valence electrons. The summed E-state index contributed by atoms with van der Waals surface area (Å²) in [7, 11) is 0. The second-order valence-corrected chi connectivity index (χ2v) is 14.3. The third-order valence-electron chi connectivity index (χ3n) is 9.17. The molecule has 0 aliphatic carbocycles. The SMILES string of the molecule is CC(C)c1ccccc1I.Cc1ccccc1.Fc1c(F)c(F)c([B-](c2c(F)c(F)c(F)c(F)c2F)(c2c(F)c(F)c(F)c(F)c2F)c2c(F)c(F)c(F)c(F)c2F)c(F)c1F. The molecule has 0 N–H and O–H groups in total. The van der Waals surface area contributed by atoms with Gasteiger partial charge in [-0.2, -0.15) is 0 Å². The molecule has 0 saturated carbocycles. The lowest BCUT2D eigenvalue weighted by Gasteiger charge is -2.44. The van der Waals surface area contributed by atoms with Crippen LogP contribution in [0.1, 0.15) is 30.9 Å². The van der Waals surface area contributed by atoms with Crippen LogP contribution in [-0.2, 0) is 0 Å². The van der Waals surface area contributed by atoms with E-state index in [2.05, 4.69) is 79.8 Å². The number of rotatable bonds is 5. The first-order valence-corrected chi connectivity index (χ1v) is 17.9. The fraction of sp³-hybridized carbons (Fsp3) is 0.100. The van der Waals surface area contributed by atoms with E-state index in [1.165, 1.54) is 14.7 Å². The molecule has 0 amide bonds. The lowest BCUT2D eigenvalue weighted by molar-refractivity contribution is 0.378. The summed E-state index contributed by atoms with van der Waals surface area (Å²) in [6.07, 6.45) is -7.22. The Labute approximate surface area is 349 Å².